The molecular formula is C13H18ClNO. The smallest absolute Gasteiger partial charge is 0.0702 e. The fourth-order valence-corrected chi connectivity index (χ4v) is 2.68. The molecule has 0 aliphatic carbocycles. The normalized spacial score (nSPS) is 20.4. The molecule has 0 saturated carbocycles. The number of hydrogen-bond donors (Lipinski definition) is 1. The van der Waals surface area contributed by atoms with Gasteiger partial charge in [-0.2, -0.15) is 0 Å². The van der Waals surface area contributed by atoms with E-state index in [2.05, 4.69) is 11.8 Å². The van der Waals surface area contributed by atoms with Gasteiger partial charge in [-0.3, -0.25) is 0 Å². The van der Waals surface area contributed by atoms with Crippen molar-refractivity contribution in [1.82, 2.24) is 0 Å². The molecular weight excluding hydrogens is 222 g/mol. The molecule has 1 aromatic rings. The van der Waals surface area contributed by atoms with Gasteiger partial charge in [0.15, 0.2) is 0 Å². The SMILES string of the molecule is CCC1CCCN1c1cc(Cl)ccc1CO. The van der Waals surface area contributed by atoms with Gasteiger partial charge >= 0.3 is 0 Å². The quantitative estimate of drug-likeness (QED) is 0.876. The highest BCUT2D eigenvalue weighted by atomic mass is 35.5. The van der Waals surface area contributed by atoms with Crippen LogP contribution in [0.1, 0.15) is 31.7 Å². The zero-order valence-electron chi connectivity index (χ0n) is 9.62. The van der Waals surface area contributed by atoms with E-state index in [1.807, 2.05) is 18.2 Å². The Morgan fingerprint density at radius 2 is 2.31 bits per heavy atom. The van der Waals surface area contributed by atoms with Crippen molar-refractivity contribution in [3.8, 4) is 0 Å². The Labute approximate surface area is 102 Å². The molecule has 0 amide bonds. The Bertz CT molecular complexity index is 367. The monoisotopic (exact) mass is 239 g/mol. The second-order valence-electron chi connectivity index (χ2n) is 4.33. The molecule has 88 valence electrons. The summed E-state index contributed by atoms with van der Waals surface area (Å²) < 4.78 is 0. The van der Waals surface area contributed by atoms with Crippen molar-refractivity contribution in [1.29, 1.82) is 0 Å². The van der Waals surface area contributed by atoms with Crippen LogP contribution in [0.2, 0.25) is 5.02 Å². The minimum Gasteiger partial charge on any atom is -0.392 e. The maximum Gasteiger partial charge on any atom is 0.0702 e. The minimum atomic E-state index is 0.0828. The van der Waals surface area contributed by atoms with Crippen LogP contribution in [0.3, 0.4) is 0 Å². The van der Waals surface area contributed by atoms with Gasteiger partial charge in [-0.25, -0.2) is 0 Å². The zero-order valence-corrected chi connectivity index (χ0v) is 10.4. The molecule has 1 N–H and O–H groups in total. The minimum absolute atomic E-state index is 0.0828. The Hall–Kier alpha value is -0.730. The molecule has 1 aromatic carbocycles. The van der Waals surface area contributed by atoms with E-state index in [0.29, 0.717) is 6.04 Å². The predicted octanol–water partition coefficient (Wildman–Crippen LogP) is 3.21. The molecule has 3 heteroatoms. The average molecular weight is 240 g/mol. The Morgan fingerprint density at radius 3 is 3.00 bits per heavy atom. The van der Waals surface area contributed by atoms with Crippen molar-refractivity contribution >= 4 is 17.3 Å². The third-order valence-corrected chi connectivity index (χ3v) is 3.61. The van der Waals surface area contributed by atoms with Gasteiger partial charge in [-0.15, -0.1) is 0 Å². The van der Waals surface area contributed by atoms with Crippen LogP contribution in [0, 0.1) is 0 Å². The highest BCUT2D eigenvalue weighted by Gasteiger charge is 2.24. The number of halogens is 1. The third kappa shape index (κ3) is 2.18. The third-order valence-electron chi connectivity index (χ3n) is 3.38. The van der Waals surface area contributed by atoms with E-state index >= 15 is 0 Å². The second-order valence-corrected chi connectivity index (χ2v) is 4.77. The number of anilines is 1. The second kappa shape index (κ2) is 5.07. The molecule has 0 bridgehead atoms. The van der Waals surface area contributed by atoms with Crippen molar-refractivity contribution in [3.63, 3.8) is 0 Å². The molecule has 1 saturated heterocycles. The fourth-order valence-electron chi connectivity index (χ4n) is 2.52. The lowest BCUT2D eigenvalue weighted by Gasteiger charge is -2.28. The van der Waals surface area contributed by atoms with Crippen molar-refractivity contribution in [3.05, 3.63) is 28.8 Å². The largest absolute Gasteiger partial charge is 0.392 e. The molecule has 0 radical (unpaired) electrons. The van der Waals surface area contributed by atoms with Gasteiger partial charge in [-0.05, 0) is 31.4 Å². The van der Waals surface area contributed by atoms with Gasteiger partial charge in [0, 0.05) is 28.9 Å². The standard InChI is InChI=1S/C13H18ClNO/c1-2-12-4-3-7-15(12)13-8-11(14)6-5-10(13)9-16/h5-6,8,12,16H,2-4,7,9H2,1H3. The summed E-state index contributed by atoms with van der Waals surface area (Å²) in [6.45, 7) is 3.37. The summed E-state index contributed by atoms with van der Waals surface area (Å²) in [4.78, 5) is 2.39. The van der Waals surface area contributed by atoms with Crippen LogP contribution in [0.25, 0.3) is 0 Å². The number of benzene rings is 1. The molecule has 1 heterocycles. The molecule has 1 atom stereocenters. The van der Waals surface area contributed by atoms with Crippen molar-refractivity contribution in [2.45, 2.75) is 38.8 Å². The van der Waals surface area contributed by atoms with Crippen LogP contribution in [0.5, 0.6) is 0 Å². The van der Waals surface area contributed by atoms with E-state index < -0.39 is 0 Å². The molecule has 2 nitrogen and oxygen atoms in total. The summed E-state index contributed by atoms with van der Waals surface area (Å²) in [6, 6.07) is 6.33. The van der Waals surface area contributed by atoms with Crippen LogP contribution in [0.4, 0.5) is 5.69 Å². The molecule has 0 aromatic heterocycles. The maximum absolute atomic E-state index is 9.36. The Morgan fingerprint density at radius 1 is 1.50 bits per heavy atom. The van der Waals surface area contributed by atoms with Gasteiger partial charge in [0.2, 0.25) is 0 Å². The van der Waals surface area contributed by atoms with Crippen LogP contribution in [0.15, 0.2) is 18.2 Å². The van der Waals surface area contributed by atoms with Crippen LogP contribution >= 0.6 is 11.6 Å². The number of aliphatic hydroxyl groups excluding tert-OH is 1. The maximum atomic E-state index is 9.36. The molecule has 1 aliphatic heterocycles. The van der Waals surface area contributed by atoms with Crippen molar-refractivity contribution in [2.75, 3.05) is 11.4 Å². The highest BCUT2D eigenvalue weighted by Crippen LogP contribution is 2.32. The summed E-state index contributed by atoms with van der Waals surface area (Å²) in [7, 11) is 0. The Balaban J connectivity index is 2.34. The van der Waals surface area contributed by atoms with E-state index in [1.54, 1.807) is 0 Å². The van der Waals surface area contributed by atoms with Gasteiger partial charge in [0.25, 0.3) is 0 Å². The lowest BCUT2D eigenvalue weighted by molar-refractivity contribution is 0.282. The first-order valence-corrected chi connectivity index (χ1v) is 6.30. The van der Waals surface area contributed by atoms with Crippen molar-refractivity contribution in [2.24, 2.45) is 0 Å². The fraction of sp³-hybridized carbons (Fsp3) is 0.538. The summed E-state index contributed by atoms with van der Waals surface area (Å²) in [5.74, 6) is 0. The summed E-state index contributed by atoms with van der Waals surface area (Å²) >= 11 is 6.03. The lowest BCUT2D eigenvalue weighted by Crippen LogP contribution is -2.29. The Kier molecular flexibility index (Phi) is 3.72. The lowest BCUT2D eigenvalue weighted by atomic mass is 10.1. The summed E-state index contributed by atoms with van der Waals surface area (Å²) in [6.07, 6.45) is 3.63. The topological polar surface area (TPSA) is 23.5 Å². The first kappa shape index (κ1) is 11.7. The van der Waals surface area contributed by atoms with E-state index in [4.69, 9.17) is 11.6 Å². The number of aliphatic hydroxyl groups is 1. The highest BCUT2D eigenvalue weighted by molar-refractivity contribution is 6.30. The van der Waals surface area contributed by atoms with E-state index in [9.17, 15) is 5.11 Å². The molecule has 2 rings (SSSR count). The average Bonchev–Trinajstić information content (AvgIpc) is 2.76. The van der Waals surface area contributed by atoms with E-state index in [0.717, 1.165) is 29.2 Å². The predicted molar refractivity (Wildman–Crippen MR) is 68.0 cm³/mol. The van der Waals surface area contributed by atoms with Gasteiger partial charge < -0.3 is 10.0 Å². The summed E-state index contributed by atoms with van der Waals surface area (Å²) in [5.41, 5.74) is 2.09. The van der Waals surface area contributed by atoms with Crippen LogP contribution in [-0.4, -0.2) is 17.7 Å². The molecule has 0 spiro atoms. The first-order chi connectivity index (χ1) is 7.76. The number of hydrogen-bond acceptors (Lipinski definition) is 2. The molecule has 1 aliphatic rings. The van der Waals surface area contributed by atoms with E-state index in [1.165, 1.54) is 12.8 Å². The molecule has 1 unspecified atom stereocenters. The zero-order chi connectivity index (χ0) is 11.5. The molecule has 16 heavy (non-hydrogen) atoms. The van der Waals surface area contributed by atoms with Crippen LogP contribution in [-0.2, 0) is 6.61 Å². The molecule has 1 fully saturated rings. The number of nitrogens with zero attached hydrogens (tertiary/aromatic N) is 1. The first-order valence-electron chi connectivity index (χ1n) is 5.92. The van der Waals surface area contributed by atoms with Gasteiger partial charge in [-0.1, -0.05) is 24.6 Å². The van der Waals surface area contributed by atoms with Gasteiger partial charge in [0.1, 0.15) is 0 Å². The summed E-state index contributed by atoms with van der Waals surface area (Å²) in [5, 5.41) is 10.1. The van der Waals surface area contributed by atoms with Gasteiger partial charge in [0.05, 0.1) is 6.61 Å². The number of rotatable bonds is 3. The van der Waals surface area contributed by atoms with Crippen molar-refractivity contribution < 1.29 is 5.11 Å². The van der Waals surface area contributed by atoms with E-state index in [-0.39, 0.29) is 6.61 Å². The van der Waals surface area contributed by atoms with Crippen LogP contribution < -0.4 is 4.90 Å².